The van der Waals surface area contributed by atoms with Crippen molar-refractivity contribution < 1.29 is 9.31 Å². The Morgan fingerprint density at radius 2 is 1.90 bits per heavy atom. The summed E-state index contributed by atoms with van der Waals surface area (Å²) < 4.78 is 12.0. The van der Waals surface area contributed by atoms with Crippen molar-refractivity contribution in [2.75, 3.05) is 6.54 Å². The number of hydrogen-bond acceptors (Lipinski definition) is 3. The second-order valence-electron chi connectivity index (χ2n) is 5.90. The van der Waals surface area contributed by atoms with E-state index in [9.17, 15) is 0 Å². The molecule has 1 aliphatic rings. The molecule has 1 aromatic rings. The third-order valence-corrected chi connectivity index (χ3v) is 3.86. The van der Waals surface area contributed by atoms with Gasteiger partial charge in [-0.05, 0) is 50.8 Å². The lowest BCUT2D eigenvalue weighted by Crippen LogP contribution is -2.41. The highest BCUT2D eigenvalue weighted by molar-refractivity contribution is 6.62. The highest BCUT2D eigenvalue weighted by Crippen LogP contribution is 2.36. The third kappa shape index (κ3) is 3.40. The maximum atomic E-state index is 8.21. The Morgan fingerprint density at radius 1 is 1.24 bits per heavy atom. The second-order valence-corrected chi connectivity index (χ2v) is 5.90. The molecule has 0 spiro atoms. The topological polar surface area (TPSA) is 67.2 Å². The van der Waals surface area contributed by atoms with Crippen molar-refractivity contribution in [2.45, 2.75) is 38.9 Å². The van der Waals surface area contributed by atoms with Crippen molar-refractivity contribution in [2.24, 2.45) is 5.11 Å². The van der Waals surface area contributed by atoms with Crippen LogP contribution in [0.15, 0.2) is 29.4 Å². The van der Waals surface area contributed by atoms with Gasteiger partial charge < -0.3 is 9.31 Å². The van der Waals surface area contributed by atoms with E-state index in [1.807, 2.05) is 52.0 Å². The fourth-order valence-corrected chi connectivity index (χ4v) is 1.95. The van der Waals surface area contributed by atoms with Gasteiger partial charge in [0, 0.05) is 10.5 Å². The molecule has 0 atom stereocenters. The molecule has 0 aromatic heterocycles. The summed E-state index contributed by atoms with van der Waals surface area (Å²) >= 11 is 0. The fraction of sp³-hybridized carbons (Fsp3) is 0.467. The maximum Gasteiger partial charge on any atom is 0.494 e. The molecule has 5 nitrogen and oxygen atoms in total. The zero-order valence-corrected chi connectivity index (χ0v) is 12.8. The van der Waals surface area contributed by atoms with Gasteiger partial charge in [0.05, 0.1) is 17.7 Å². The molecule has 0 unspecified atom stereocenters. The SMILES string of the molecule is CC1(C)OB(c2cccc(C#CCN=[N+]=[N-])c2)OC1(C)C. The van der Waals surface area contributed by atoms with Gasteiger partial charge in [-0.25, -0.2) is 0 Å². The normalized spacial score (nSPS) is 18.6. The molecule has 6 heteroatoms. The van der Waals surface area contributed by atoms with Gasteiger partial charge >= 0.3 is 7.12 Å². The van der Waals surface area contributed by atoms with Crippen molar-refractivity contribution in [1.82, 2.24) is 0 Å². The van der Waals surface area contributed by atoms with E-state index in [1.54, 1.807) is 0 Å². The molecule has 1 aromatic carbocycles. The van der Waals surface area contributed by atoms with Crippen LogP contribution in [0.1, 0.15) is 33.3 Å². The van der Waals surface area contributed by atoms with E-state index in [4.69, 9.17) is 14.8 Å². The number of hydrogen-bond donors (Lipinski definition) is 0. The minimum absolute atomic E-state index is 0.164. The van der Waals surface area contributed by atoms with Gasteiger partial charge in [0.1, 0.15) is 0 Å². The van der Waals surface area contributed by atoms with Crippen molar-refractivity contribution in [1.29, 1.82) is 0 Å². The molecule has 0 bridgehead atoms. The summed E-state index contributed by atoms with van der Waals surface area (Å²) in [7, 11) is -0.395. The van der Waals surface area contributed by atoms with E-state index in [0.29, 0.717) is 0 Å². The van der Waals surface area contributed by atoms with E-state index < -0.39 is 7.12 Å². The van der Waals surface area contributed by atoms with Crippen molar-refractivity contribution in [3.63, 3.8) is 0 Å². The monoisotopic (exact) mass is 283 g/mol. The van der Waals surface area contributed by atoms with Gasteiger partial charge in [0.25, 0.3) is 0 Å². The zero-order valence-electron chi connectivity index (χ0n) is 12.8. The van der Waals surface area contributed by atoms with Gasteiger partial charge in [-0.1, -0.05) is 29.1 Å². The molecule has 1 aliphatic heterocycles. The molecule has 0 radical (unpaired) electrons. The number of azide groups is 1. The lowest BCUT2D eigenvalue weighted by molar-refractivity contribution is 0.00578. The Labute approximate surface area is 125 Å². The van der Waals surface area contributed by atoms with E-state index in [2.05, 4.69) is 21.9 Å². The Morgan fingerprint density at radius 3 is 2.52 bits per heavy atom. The molecular weight excluding hydrogens is 265 g/mol. The predicted octanol–water partition coefficient (Wildman–Crippen LogP) is 2.65. The molecule has 1 fully saturated rings. The first-order valence-corrected chi connectivity index (χ1v) is 6.81. The average Bonchev–Trinajstić information content (AvgIpc) is 2.64. The molecule has 0 saturated carbocycles. The minimum Gasteiger partial charge on any atom is -0.399 e. The Hall–Kier alpha value is -1.93. The molecule has 0 aliphatic carbocycles. The highest BCUT2D eigenvalue weighted by atomic mass is 16.7. The minimum atomic E-state index is -0.395. The van der Waals surface area contributed by atoms with Crippen LogP contribution < -0.4 is 5.46 Å². The molecular formula is C15H18BN3O2. The molecule has 1 heterocycles. The lowest BCUT2D eigenvalue weighted by atomic mass is 9.78. The smallest absolute Gasteiger partial charge is 0.399 e. The van der Waals surface area contributed by atoms with Crippen LogP contribution in [0.4, 0.5) is 0 Å². The first-order chi connectivity index (χ1) is 9.86. The average molecular weight is 283 g/mol. The number of benzene rings is 1. The van der Waals surface area contributed by atoms with E-state index in [0.717, 1.165) is 11.0 Å². The van der Waals surface area contributed by atoms with E-state index >= 15 is 0 Å². The Balaban J connectivity index is 2.19. The highest BCUT2D eigenvalue weighted by Gasteiger charge is 2.51. The van der Waals surface area contributed by atoms with Gasteiger partial charge in [-0.15, -0.1) is 0 Å². The maximum absolute atomic E-state index is 8.21. The summed E-state index contributed by atoms with van der Waals surface area (Å²) in [5.74, 6) is 5.76. The Kier molecular flexibility index (Phi) is 4.29. The summed E-state index contributed by atoms with van der Waals surface area (Å²) in [4.78, 5) is 2.66. The van der Waals surface area contributed by atoms with Crippen LogP contribution in [0.3, 0.4) is 0 Å². The standard InChI is InChI=1S/C15H18BN3O2/c1-14(2)15(3,4)21-16(20-14)13-9-5-7-12(11-13)8-6-10-18-19-17/h5,7,9,11H,10H2,1-4H3. The van der Waals surface area contributed by atoms with Crippen LogP contribution in [0.25, 0.3) is 10.4 Å². The third-order valence-electron chi connectivity index (χ3n) is 3.86. The van der Waals surface area contributed by atoms with Crippen molar-refractivity contribution in [3.05, 3.63) is 40.3 Å². The Bertz CT molecular complexity index is 624. The summed E-state index contributed by atoms with van der Waals surface area (Å²) in [5, 5.41) is 3.38. The van der Waals surface area contributed by atoms with Crippen LogP contribution in [-0.4, -0.2) is 24.9 Å². The molecule has 0 amide bonds. The molecule has 0 N–H and O–H groups in total. The van der Waals surface area contributed by atoms with Crippen LogP contribution in [0, 0.1) is 11.8 Å². The zero-order chi connectivity index (χ0) is 15.5. The summed E-state index contributed by atoms with van der Waals surface area (Å²) in [5.41, 5.74) is 9.26. The summed E-state index contributed by atoms with van der Waals surface area (Å²) in [6, 6.07) is 7.71. The number of rotatable bonds is 2. The van der Waals surface area contributed by atoms with Crippen LogP contribution >= 0.6 is 0 Å². The van der Waals surface area contributed by atoms with E-state index in [-0.39, 0.29) is 17.7 Å². The first-order valence-electron chi connectivity index (χ1n) is 6.81. The largest absolute Gasteiger partial charge is 0.494 e. The van der Waals surface area contributed by atoms with Crippen LogP contribution in [0.2, 0.25) is 0 Å². The first kappa shape index (κ1) is 15.5. The fourth-order valence-electron chi connectivity index (χ4n) is 1.95. The van der Waals surface area contributed by atoms with Gasteiger partial charge in [-0.2, -0.15) is 0 Å². The van der Waals surface area contributed by atoms with Gasteiger partial charge in [-0.3, -0.25) is 0 Å². The summed E-state index contributed by atoms with van der Waals surface area (Å²) in [6.07, 6.45) is 0. The van der Waals surface area contributed by atoms with Crippen LogP contribution in [0.5, 0.6) is 0 Å². The summed E-state index contributed by atoms with van der Waals surface area (Å²) in [6.45, 7) is 8.26. The van der Waals surface area contributed by atoms with E-state index in [1.165, 1.54) is 0 Å². The van der Waals surface area contributed by atoms with Crippen molar-refractivity contribution >= 4 is 12.6 Å². The predicted molar refractivity (Wildman–Crippen MR) is 83.0 cm³/mol. The van der Waals surface area contributed by atoms with Gasteiger partial charge in [0.15, 0.2) is 0 Å². The second kappa shape index (κ2) is 5.83. The van der Waals surface area contributed by atoms with Crippen LogP contribution in [-0.2, 0) is 9.31 Å². The molecule has 108 valence electrons. The van der Waals surface area contributed by atoms with Gasteiger partial charge in [0.2, 0.25) is 0 Å². The van der Waals surface area contributed by atoms with Crippen molar-refractivity contribution in [3.8, 4) is 11.8 Å². The molecule has 2 rings (SSSR count). The quantitative estimate of drug-likeness (QED) is 0.275. The lowest BCUT2D eigenvalue weighted by Gasteiger charge is -2.32. The number of nitrogens with zero attached hydrogens (tertiary/aromatic N) is 3. The molecule has 21 heavy (non-hydrogen) atoms. The molecule has 1 saturated heterocycles.